The lowest BCUT2D eigenvalue weighted by Gasteiger charge is -2.42. The van der Waals surface area contributed by atoms with Gasteiger partial charge < -0.3 is 34.8 Å². The Morgan fingerprint density at radius 3 is 2.46 bits per heavy atom. The number of aryl methyl sites for hydroxylation is 1. The summed E-state index contributed by atoms with van der Waals surface area (Å²) in [6, 6.07) is 20.3. The molecular weight excluding hydrogens is 789 g/mol. The maximum atomic E-state index is 14.3. The molecule has 2 aromatic carbocycles. The van der Waals surface area contributed by atoms with E-state index in [1.54, 1.807) is 28.4 Å². The molecule has 9 rings (SSSR count). The van der Waals surface area contributed by atoms with Crippen LogP contribution in [0.3, 0.4) is 0 Å². The van der Waals surface area contributed by atoms with Crippen LogP contribution in [-0.2, 0) is 9.59 Å². The number of phenols is 1. The van der Waals surface area contributed by atoms with E-state index in [1.165, 1.54) is 5.69 Å². The van der Waals surface area contributed by atoms with Gasteiger partial charge in [-0.05, 0) is 86.8 Å². The van der Waals surface area contributed by atoms with Crippen molar-refractivity contribution in [1.29, 1.82) is 0 Å². The Morgan fingerprint density at radius 1 is 0.967 bits per heavy atom. The number of nitrogens with one attached hydrogen (secondary N) is 2. The van der Waals surface area contributed by atoms with Gasteiger partial charge in [-0.1, -0.05) is 55.4 Å². The Morgan fingerprint density at radius 2 is 1.74 bits per heavy atom. The van der Waals surface area contributed by atoms with E-state index >= 15 is 0 Å². The second-order valence-corrected chi connectivity index (χ2v) is 18.7. The van der Waals surface area contributed by atoms with E-state index in [0.717, 1.165) is 83.7 Å². The van der Waals surface area contributed by atoms with Crippen molar-refractivity contribution in [3.8, 4) is 27.4 Å². The number of benzene rings is 2. The fraction of sp³-hybridized carbons (Fsp3) is 0.447. The zero-order chi connectivity index (χ0) is 42.4. The molecule has 3 fully saturated rings. The highest BCUT2D eigenvalue weighted by atomic mass is 32.1. The molecule has 2 saturated heterocycles. The van der Waals surface area contributed by atoms with E-state index < -0.39 is 18.1 Å². The number of aromatic nitrogens is 5. The summed E-state index contributed by atoms with van der Waals surface area (Å²) in [4.78, 5) is 41.1. The van der Waals surface area contributed by atoms with Gasteiger partial charge in [0.1, 0.15) is 23.5 Å². The normalized spacial score (nSPS) is 22.1. The van der Waals surface area contributed by atoms with Crippen molar-refractivity contribution in [2.24, 2.45) is 11.8 Å². The molecule has 4 N–H and O–H groups in total. The lowest BCUT2D eigenvalue weighted by atomic mass is 9.79. The number of carbonyl (C=O) groups excluding carboxylic acids is 2. The lowest BCUT2D eigenvalue weighted by Crippen LogP contribution is -2.48. The molecule has 0 unspecified atom stereocenters. The number of para-hydroxylation sites is 1. The maximum absolute atomic E-state index is 14.3. The summed E-state index contributed by atoms with van der Waals surface area (Å²) in [5, 5.41) is 38.4. The number of H-pyrrole nitrogens is 1. The van der Waals surface area contributed by atoms with Gasteiger partial charge in [0.05, 0.1) is 39.6 Å². The monoisotopic (exact) mass is 842 g/mol. The fourth-order valence-corrected chi connectivity index (χ4v) is 10.5. The van der Waals surface area contributed by atoms with Crippen molar-refractivity contribution < 1.29 is 24.3 Å². The van der Waals surface area contributed by atoms with Crippen molar-refractivity contribution in [3.63, 3.8) is 0 Å². The molecule has 6 aromatic rings. The van der Waals surface area contributed by atoms with Crippen LogP contribution in [0.5, 0.6) is 5.75 Å². The molecule has 318 valence electrons. The van der Waals surface area contributed by atoms with Crippen molar-refractivity contribution >= 4 is 34.2 Å². The predicted octanol–water partition coefficient (Wildman–Crippen LogP) is 7.70. The van der Waals surface area contributed by atoms with Gasteiger partial charge in [0.2, 0.25) is 11.8 Å². The zero-order valence-corrected chi connectivity index (χ0v) is 35.9. The second-order valence-electron chi connectivity index (χ2n) is 17.8. The van der Waals surface area contributed by atoms with Gasteiger partial charge in [-0.3, -0.25) is 9.59 Å². The van der Waals surface area contributed by atoms with Crippen LogP contribution < -0.4 is 5.32 Å². The number of thiazole rings is 1. The highest BCUT2D eigenvalue weighted by Gasteiger charge is 2.44. The molecule has 14 heteroatoms. The number of likely N-dealkylation sites (tertiary alicyclic amines) is 2. The second kappa shape index (κ2) is 17.1. The molecule has 0 bridgehead atoms. The Bertz CT molecular complexity index is 2500. The fourth-order valence-electron chi connectivity index (χ4n) is 9.67. The molecule has 2 amide bonds. The van der Waals surface area contributed by atoms with Crippen molar-refractivity contribution in [3.05, 3.63) is 101 Å². The number of amides is 2. The number of β-amino-alcohol motifs (C(OH)–C–C–N with tert-alkyl or cyclic N) is 1. The van der Waals surface area contributed by atoms with E-state index in [4.69, 9.17) is 4.52 Å². The van der Waals surface area contributed by atoms with Crippen LogP contribution >= 0.6 is 11.3 Å². The first kappa shape index (κ1) is 40.9. The van der Waals surface area contributed by atoms with Gasteiger partial charge in [0.25, 0.3) is 0 Å². The minimum Gasteiger partial charge on any atom is -0.507 e. The quantitative estimate of drug-likeness (QED) is 0.0957. The number of aromatic amines is 1. The van der Waals surface area contributed by atoms with Gasteiger partial charge in [-0.2, -0.15) is 0 Å². The number of rotatable bonds is 12. The van der Waals surface area contributed by atoms with Gasteiger partial charge >= 0.3 is 0 Å². The third kappa shape index (κ3) is 8.45. The highest BCUT2D eigenvalue weighted by molar-refractivity contribution is 7.13. The first-order chi connectivity index (χ1) is 29.5. The smallest absolute Gasteiger partial charge is 0.243 e. The molecule has 1 saturated carbocycles. The molecule has 61 heavy (non-hydrogen) atoms. The van der Waals surface area contributed by atoms with E-state index in [9.17, 15) is 19.8 Å². The minimum absolute atomic E-state index is 0.0956. The van der Waals surface area contributed by atoms with Crippen molar-refractivity contribution in [2.45, 2.75) is 95.7 Å². The Kier molecular flexibility index (Phi) is 11.5. The summed E-state index contributed by atoms with van der Waals surface area (Å²) in [7, 11) is 0. The molecule has 0 radical (unpaired) electrons. The molecule has 4 aromatic heterocycles. The molecular formula is C47H54N8O5S. The summed E-state index contributed by atoms with van der Waals surface area (Å²) < 4.78 is 5.94. The van der Waals surface area contributed by atoms with E-state index in [0.29, 0.717) is 28.9 Å². The number of fused-ring (bicyclic) bond motifs is 1. The number of nitrogens with zero attached hydrogens (tertiary/aromatic N) is 6. The van der Waals surface area contributed by atoms with Crippen LogP contribution in [0.1, 0.15) is 105 Å². The average molecular weight is 843 g/mol. The Hall–Kier alpha value is -5.44. The van der Waals surface area contributed by atoms with Gasteiger partial charge in [-0.15, -0.1) is 21.5 Å². The predicted molar refractivity (Wildman–Crippen MR) is 234 cm³/mol. The summed E-state index contributed by atoms with van der Waals surface area (Å²) in [6.45, 7) is 11.1. The summed E-state index contributed by atoms with van der Waals surface area (Å²) in [6.07, 6.45) is 3.63. The van der Waals surface area contributed by atoms with Crippen LogP contribution in [0.25, 0.3) is 32.7 Å². The minimum atomic E-state index is -0.790. The molecule has 13 nitrogen and oxygen atoms in total. The zero-order valence-electron chi connectivity index (χ0n) is 35.1. The van der Waals surface area contributed by atoms with Crippen LogP contribution in [0, 0.1) is 18.8 Å². The van der Waals surface area contributed by atoms with Gasteiger partial charge in [-0.25, -0.2) is 4.98 Å². The standard InChI is InChI=1S/C47H54N8O5S/c1-26(2)43(47(59)55-24-35(56)19-40(55)46(58)49-27(3)30-13-15-32(16-14-30)44-28(4)48-25-61-44)42-20-38(53-60-42)31-11-9-29(10-12-31)21-54-22-34(23-54)37-17-33-18-39(51-52-45(33)50-37)36-7-5-6-8-41(36)57/h5-8,13-18,20,25-27,29,31,34-35,40,43,56-57H,9-12,19,21-24H2,1-4H3,(H,49,58)(H,50,52)/t27-,29?,31?,35+,40-,43+/m0/s1. The topological polar surface area (TPSA) is 174 Å². The summed E-state index contributed by atoms with van der Waals surface area (Å²) in [5.74, 6) is 0.783. The van der Waals surface area contributed by atoms with Gasteiger partial charge in [0, 0.05) is 67.1 Å². The third-order valence-corrected chi connectivity index (χ3v) is 14.2. The SMILES string of the molecule is Cc1ncsc1-c1ccc([C@H](C)NC(=O)[C@@H]2C[C@@H](O)CN2C(=O)[C@@H](c2cc(C3CCC(CN4CC(c5cc6cc(-c7ccccc7O)nnc6[nH]5)C4)CC3)no2)C(C)C)cc1. The summed E-state index contributed by atoms with van der Waals surface area (Å²) in [5.41, 5.74) is 9.02. The molecule has 1 aliphatic carbocycles. The highest BCUT2D eigenvalue weighted by Crippen LogP contribution is 2.40. The van der Waals surface area contributed by atoms with Crippen LogP contribution in [0.4, 0.5) is 0 Å². The number of aliphatic hydroxyl groups excluding tert-OH is 1. The number of hydrogen-bond donors (Lipinski definition) is 4. The molecule has 4 atom stereocenters. The van der Waals surface area contributed by atoms with E-state index in [2.05, 4.69) is 41.6 Å². The van der Waals surface area contributed by atoms with Crippen molar-refractivity contribution in [2.75, 3.05) is 26.2 Å². The maximum Gasteiger partial charge on any atom is 0.243 e. The first-order valence-corrected chi connectivity index (χ1v) is 22.5. The lowest BCUT2D eigenvalue weighted by molar-refractivity contribution is -0.141. The number of phenolic OH excluding ortho intramolecular Hbond substituents is 1. The van der Waals surface area contributed by atoms with Crippen molar-refractivity contribution in [1.82, 2.24) is 40.4 Å². The third-order valence-electron chi connectivity index (χ3n) is 13.2. The molecule has 3 aliphatic rings. The number of hydrogen-bond acceptors (Lipinski definition) is 11. The molecule has 0 spiro atoms. The first-order valence-electron chi connectivity index (χ1n) is 21.6. The van der Waals surface area contributed by atoms with Crippen LogP contribution in [0.15, 0.2) is 76.8 Å². The largest absolute Gasteiger partial charge is 0.507 e. The molecule has 6 heterocycles. The van der Waals surface area contributed by atoms with Crippen LogP contribution in [0.2, 0.25) is 0 Å². The number of aromatic hydroxyl groups is 1. The Balaban J connectivity index is 0.771. The number of aliphatic hydroxyl groups is 1. The van der Waals surface area contributed by atoms with Crippen LogP contribution in [-0.4, -0.2) is 95.5 Å². The van der Waals surface area contributed by atoms with E-state index in [-0.39, 0.29) is 48.4 Å². The number of carbonyl (C=O) groups is 2. The van der Waals surface area contributed by atoms with E-state index in [1.807, 2.05) is 81.7 Å². The Labute approximate surface area is 359 Å². The average Bonchev–Trinajstić information content (AvgIpc) is 4.06. The van der Waals surface area contributed by atoms with Gasteiger partial charge in [0.15, 0.2) is 5.65 Å². The summed E-state index contributed by atoms with van der Waals surface area (Å²) >= 11 is 1.60. The molecule has 2 aliphatic heterocycles.